The fourth-order valence-corrected chi connectivity index (χ4v) is 2.25. The Kier molecular flexibility index (Phi) is 3.14. The fourth-order valence-electron chi connectivity index (χ4n) is 2.25. The van der Waals surface area contributed by atoms with Gasteiger partial charge in [0.15, 0.2) is 5.92 Å². The second-order valence-corrected chi connectivity index (χ2v) is 4.23. The number of carbonyl (C=O) groups excluding carboxylic acids is 2. The molecule has 2 fully saturated rings. The Hall–Kier alpha value is -1.10. The highest BCUT2D eigenvalue weighted by Crippen LogP contribution is 2.39. The molecular weight excluding hydrogens is 212 g/mol. The van der Waals surface area contributed by atoms with Crippen molar-refractivity contribution in [3.05, 3.63) is 0 Å². The van der Waals surface area contributed by atoms with Crippen LogP contribution in [-0.4, -0.2) is 37.4 Å². The molecule has 0 radical (unpaired) electrons. The van der Waals surface area contributed by atoms with Gasteiger partial charge in [-0.25, -0.2) is 0 Å². The molecule has 0 aromatic carbocycles. The molecule has 2 heterocycles. The van der Waals surface area contributed by atoms with E-state index in [1.165, 1.54) is 0 Å². The Bertz CT molecular complexity index is 293. The van der Waals surface area contributed by atoms with Crippen molar-refractivity contribution in [2.75, 3.05) is 19.8 Å². The first-order valence-electron chi connectivity index (χ1n) is 5.64. The maximum Gasteiger partial charge on any atom is 0.321 e. The molecule has 0 aromatic heterocycles. The Balaban J connectivity index is 2.03. The zero-order valence-corrected chi connectivity index (χ0v) is 9.36. The quantitative estimate of drug-likeness (QED) is 0.513. The maximum atomic E-state index is 11.6. The van der Waals surface area contributed by atoms with Crippen molar-refractivity contribution in [1.29, 1.82) is 0 Å². The van der Waals surface area contributed by atoms with Crippen molar-refractivity contribution in [1.82, 2.24) is 0 Å². The minimum Gasteiger partial charge on any atom is -0.465 e. The molecule has 0 amide bonds. The van der Waals surface area contributed by atoms with E-state index < -0.39 is 23.5 Å². The second kappa shape index (κ2) is 4.41. The highest BCUT2D eigenvalue weighted by molar-refractivity contribution is 5.96. The van der Waals surface area contributed by atoms with Crippen molar-refractivity contribution in [3.63, 3.8) is 0 Å². The molecule has 0 aliphatic carbocycles. The molecule has 2 rings (SSSR count). The van der Waals surface area contributed by atoms with Crippen LogP contribution in [0.2, 0.25) is 0 Å². The van der Waals surface area contributed by atoms with Gasteiger partial charge in [-0.15, -0.1) is 0 Å². The molecule has 0 N–H and O–H groups in total. The predicted octanol–water partition coefficient (Wildman–Crippen LogP) is 0.662. The number of esters is 2. The van der Waals surface area contributed by atoms with Gasteiger partial charge in [-0.05, 0) is 6.92 Å². The summed E-state index contributed by atoms with van der Waals surface area (Å²) in [5.41, 5.74) is -0.479. The van der Waals surface area contributed by atoms with Crippen LogP contribution in [0.3, 0.4) is 0 Å². The lowest BCUT2D eigenvalue weighted by Gasteiger charge is -2.31. The summed E-state index contributed by atoms with van der Waals surface area (Å²) >= 11 is 0. The SMILES string of the molecule is CCOC(=O)C1CC2(CCOCC2)OC1=O. The Morgan fingerprint density at radius 3 is 2.81 bits per heavy atom. The number of rotatable bonds is 2. The Morgan fingerprint density at radius 2 is 2.19 bits per heavy atom. The summed E-state index contributed by atoms with van der Waals surface area (Å²) in [5.74, 6) is -1.64. The standard InChI is InChI=1S/C11H16O5/c1-2-15-9(12)8-7-11(16-10(8)13)3-5-14-6-4-11/h8H,2-7H2,1H3. The third-order valence-corrected chi connectivity index (χ3v) is 3.15. The highest BCUT2D eigenvalue weighted by atomic mass is 16.6. The summed E-state index contributed by atoms with van der Waals surface area (Å²) < 4.78 is 15.4. The van der Waals surface area contributed by atoms with E-state index in [0.29, 0.717) is 39.1 Å². The van der Waals surface area contributed by atoms with Crippen LogP contribution in [0.25, 0.3) is 0 Å². The van der Waals surface area contributed by atoms with E-state index in [2.05, 4.69) is 0 Å². The van der Waals surface area contributed by atoms with Crippen LogP contribution in [0.5, 0.6) is 0 Å². The summed E-state index contributed by atoms with van der Waals surface area (Å²) in [7, 11) is 0. The van der Waals surface area contributed by atoms with Crippen LogP contribution in [-0.2, 0) is 23.8 Å². The molecule has 0 bridgehead atoms. The van der Waals surface area contributed by atoms with Crippen molar-refractivity contribution >= 4 is 11.9 Å². The van der Waals surface area contributed by atoms with Gasteiger partial charge in [-0.2, -0.15) is 0 Å². The van der Waals surface area contributed by atoms with E-state index in [1.807, 2.05) is 0 Å². The normalized spacial score (nSPS) is 27.8. The summed E-state index contributed by atoms with van der Waals surface area (Å²) in [6.07, 6.45) is 1.79. The highest BCUT2D eigenvalue weighted by Gasteiger charge is 2.50. The predicted molar refractivity (Wildman–Crippen MR) is 53.6 cm³/mol. The van der Waals surface area contributed by atoms with Gasteiger partial charge in [0.1, 0.15) is 5.60 Å². The van der Waals surface area contributed by atoms with Crippen LogP contribution in [0, 0.1) is 5.92 Å². The molecule has 90 valence electrons. The van der Waals surface area contributed by atoms with Gasteiger partial charge >= 0.3 is 11.9 Å². The maximum absolute atomic E-state index is 11.6. The van der Waals surface area contributed by atoms with Crippen molar-refractivity contribution in [2.45, 2.75) is 31.8 Å². The van der Waals surface area contributed by atoms with Crippen LogP contribution in [0.15, 0.2) is 0 Å². The van der Waals surface area contributed by atoms with Gasteiger partial charge in [0.2, 0.25) is 0 Å². The van der Waals surface area contributed by atoms with Gasteiger partial charge in [0.05, 0.1) is 19.8 Å². The Labute approximate surface area is 94.0 Å². The topological polar surface area (TPSA) is 61.8 Å². The molecule has 2 aliphatic rings. The van der Waals surface area contributed by atoms with Crippen molar-refractivity contribution < 1.29 is 23.8 Å². The fraction of sp³-hybridized carbons (Fsp3) is 0.818. The molecule has 0 aromatic rings. The van der Waals surface area contributed by atoms with E-state index in [9.17, 15) is 9.59 Å². The van der Waals surface area contributed by atoms with E-state index in [1.54, 1.807) is 6.92 Å². The smallest absolute Gasteiger partial charge is 0.321 e. The molecule has 0 saturated carbocycles. The molecule has 1 atom stereocenters. The summed E-state index contributed by atoms with van der Waals surface area (Å²) in [6.45, 7) is 3.19. The summed E-state index contributed by atoms with van der Waals surface area (Å²) in [6, 6.07) is 0. The first kappa shape index (κ1) is 11.4. The molecule has 5 heteroatoms. The molecule has 1 spiro atoms. The molecule has 5 nitrogen and oxygen atoms in total. The van der Waals surface area contributed by atoms with E-state index >= 15 is 0 Å². The first-order chi connectivity index (χ1) is 7.67. The third kappa shape index (κ3) is 2.04. The van der Waals surface area contributed by atoms with E-state index in [0.717, 1.165) is 0 Å². The Morgan fingerprint density at radius 1 is 1.50 bits per heavy atom. The van der Waals surface area contributed by atoms with E-state index in [-0.39, 0.29) is 0 Å². The molecule has 1 unspecified atom stereocenters. The van der Waals surface area contributed by atoms with Crippen molar-refractivity contribution in [2.24, 2.45) is 5.92 Å². The van der Waals surface area contributed by atoms with Crippen LogP contribution in [0.4, 0.5) is 0 Å². The molecule has 2 saturated heterocycles. The number of hydrogen-bond donors (Lipinski definition) is 0. The molecular formula is C11H16O5. The van der Waals surface area contributed by atoms with Crippen LogP contribution in [0.1, 0.15) is 26.2 Å². The van der Waals surface area contributed by atoms with Gasteiger partial charge in [0.25, 0.3) is 0 Å². The number of carbonyl (C=O) groups is 2. The van der Waals surface area contributed by atoms with E-state index in [4.69, 9.17) is 14.2 Å². The zero-order valence-electron chi connectivity index (χ0n) is 9.36. The summed E-state index contributed by atoms with van der Waals surface area (Å²) in [5, 5.41) is 0. The third-order valence-electron chi connectivity index (χ3n) is 3.15. The minimum atomic E-state index is -0.738. The largest absolute Gasteiger partial charge is 0.465 e. The summed E-state index contributed by atoms with van der Waals surface area (Å²) in [4.78, 5) is 23.1. The molecule has 16 heavy (non-hydrogen) atoms. The van der Waals surface area contributed by atoms with Crippen LogP contribution >= 0.6 is 0 Å². The number of hydrogen-bond acceptors (Lipinski definition) is 5. The first-order valence-corrected chi connectivity index (χ1v) is 5.64. The van der Waals surface area contributed by atoms with Crippen LogP contribution < -0.4 is 0 Å². The minimum absolute atomic E-state index is 0.290. The van der Waals surface area contributed by atoms with Gasteiger partial charge in [-0.1, -0.05) is 0 Å². The lowest BCUT2D eigenvalue weighted by molar-refractivity contribution is -0.161. The van der Waals surface area contributed by atoms with Gasteiger partial charge in [-0.3, -0.25) is 9.59 Å². The van der Waals surface area contributed by atoms with Crippen molar-refractivity contribution in [3.8, 4) is 0 Å². The number of ether oxygens (including phenoxy) is 3. The molecule has 2 aliphatic heterocycles. The van der Waals surface area contributed by atoms with Gasteiger partial charge in [0, 0.05) is 19.3 Å². The monoisotopic (exact) mass is 228 g/mol. The lowest BCUT2D eigenvalue weighted by atomic mass is 9.87. The average molecular weight is 228 g/mol. The lowest BCUT2D eigenvalue weighted by Crippen LogP contribution is -2.36. The zero-order chi connectivity index (χ0) is 11.6. The average Bonchev–Trinajstić information content (AvgIpc) is 2.57. The second-order valence-electron chi connectivity index (χ2n) is 4.23. The van der Waals surface area contributed by atoms with Gasteiger partial charge < -0.3 is 14.2 Å².